The predicted octanol–water partition coefficient (Wildman–Crippen LogP) is 0.850. The molecule has 1 aromatic carbocycles. The Morgan fingerprint density at radius 2 is 2.10 bits per heavy atom. The third-order valence-corrected chi connectivity index (χ3v) is 6.21. The lowest BCUT2D eigenvalue weighted by atomic mass is 9.82. The number of nitrogens with one attached hydrogen (secondary N) is 3. The number of carbonyl (C=O) groups is 3. The van der Waals surface area contributed by atoms with Gasteiger partial charge in [-0.2, -0.15) is 10.4 Å². The molecule has 31 heavy (non-hydrogen) atoms. The van der Waals surface area contributed by atoms with E-state index in [1.165, 1.54) is 7.05 Å². The van der Waals surface area contributed by atoms with Crippen LogP contribution in [0.2, 0.25) is 0 Å². The molecule has 2 heterocycles. The van der Waals surface area contributed by atoms with Crippen LogP contribution < -0.4 is 16.1 Å². The number of rotatable bonds is 4. The van der Waals surface area contributed by atoms with Crippen LogP contribution in [-0.2, 0) is 14.3 Å². The lowest BCUT2D eigenvalue weighted by Gasteiger charge is -2.44. The van der Waals surface area contributed by atoms with Gasteiger partial charge in [0, 0.05) is 55.6 Å². The highest BCUT2D eigenvalue weighted by atomic mass is 79.9. The molecule has 3 rings (SSSR count). The number of benzene rings is 1. The maximum atomic E-state index is 12.0. The molecule has 3 amide bonds. The zero-order valence-electron chi connectivity index (χ0n) is 17.2. The second-order valence-electron chi connectivity index (χ2n) is 7.44. The topological polar surface area (TPSA) is 136 Å². The summed E-state index contributed by atoms with van der Waals surface area (Å²) in [6.45, 7) is 3.50. The second kappa shape index (κ2) is 9.45. The summed E-state index contributed by atoms with van der Waals surface area (Å²) in [7, 11) is 1.40. The van der Waals surface area contributed by atoms with Gasteiger partial charge in [0.2, 0.25) is 0 Å². The Kier molecular flexibility index (Phi) is 6.92. The largest absolute Gasteiger partial charge is 0.435 e. The fourth-order valence-electron chi connectivity index (χ4n) is 3.76. The molecule has 10 nitrogen and oxygen atoms in total. The first-order valence-electron chi connectivity index (χ1n) is 9.81. The molecule has 1 atom stereocenters. The number of hydrogen-bond acceptors (Lipinski definition) is 7. The molecule has 2 aliphatic rings. The molecule has 3 N–H and O–H groups in total. The molecule has 0 radical (unpaired) electrons. The highest BCUT2D eigenvalue weighted by Gasteiger charge is 2.47. The van der Waals surface area contributed by atoms with Crippen LogP contribution in [-0.4, -0.2) is 66.8 Å². The van der Waals surface area contributed by atoms with E-state index >= 15 is 0 Å². The van der Waals surface area contributed by atoms with E-state index in [0.29, 0.717) is 48.2 Å². The average Bonchev–Trinajstić information content (AvgIpc) is 2.77. The van der Waals surface area contributed by atoms with E-state index in [0.717, 1.165) is 5.56 Å². The van der Waals surface area contributed by atoms with Gasteiger partial charge >= 0.3 is 17.9 Å². The molecular weight excluding hydrogens is 468 g/mol. The van der Waals surface area contributed by atoms with Crippen LogP contribution in [0.3, 0.4) is 0 Å². The van der Waals surface area contributed by atoms with Crippen molar-refractivity contribution in [3.8, 4) is 6.07 Å². The van der Waals surface area contributed by atoms with Crippen LogP contribution in [0.1, 0.15) is 30.9 Å². The van der Waals surface area contributed by atoms with Gasteiger partial charge in [0.15, 0.2) is 5.60 Å². The third-order valence-electron chi connectivity index (χ3n) is 5.55. The summed E-state index contributed by atoms with van der Waals surface area (Å²) in [5, 5.41) is 18.3. The molecule has 1 fully saturated rings. The van der Waals surface area contributed by atoms with Crippen molar-refractivity contribution >= 4 is 39.5 Å². The maximum Gasteiger partial charge on any atom is 0.428 e. The number of amides is 3. The van der Waals surface area contributed by atoms with Gasteiger partial charge in [-0.3, -0.25) is 14.5 Å². The van der Waals surface area contributed by atoms with Crippen LogP contribution in [0.5, 0.6) is 0 Å². The number of hydrogen-bond donors (Lipinski definition) is 3. The Balaban J connectivity index is 1.72. The molecule has 0 unspecified atom stereocenters. The Hall–Kier alpha value is -2.97. The summed E-state index contributed by atoms with van der Waals surface area (Å²) in [5.74, 6) is -1.35. The number of nitriles is 1. The van der Waals surface area contributed by atoms with E-state index < -0.39 is 23.5 Å². The molecule has 0 bridgehead atoms. The summed E-state index contributed by atoms with van der Waals surface area (Å²) in [5.41, 5.74) is 3.35. The monoisotopic (exact) mass is 490 g/mol. The number of halogens is 1. The molecule has 1 aromatic rings. The minimum atomic E-state index is -0.888. The maximum absolute atomic E-state index is 12.0. The van der Waals surface area contributed by atoms with Gasteiger partial charge in [0.1, 0.15) is 5.71 Å². The SMILES string of the molecule is CNC(=O)C(=O)NC[C@@H](C)N1CCC2(CC1)OC(=O)NN=C2c1ccc(C#N)cc1Br. The number of nitrogens with zero attached hydrogens (tertiary/aromatic N) is 3. The number of likely N-dealkylation sites (N-methyl/N-ethyl adjacent to an activating group) is 1. The van der Waals surface area contributed by atoms with Crippen molar-refractivity contribution in [1.82, 2.24) is 21.0 Å². The van der Waals surface area contributed by atoms with Gasteiger partial charge in [-0.15, -0.1) is 0 Å². The lowest BCUT2D eigenvalue weighted by Crippen LogP contribution is -2.58. The Bertz CT molecular complexity index is 965. The van der Waals surface area contributed by atoms with Gasteiger partial charge < -0.3 is 15.4 Å². The summed E-state index contributed by atoms with van der Waals surface area (Å²) in [6, 6.07) is 7.26. The Morgan fingerprint density at radius 1 is 1.39 bits per heavy atom. The highest BCUT2D eigenvalue weighted by molar-refractivity contribution is 9.10. The van der Waals surface area contributed by atoms with Crippen molar-refractivity contribution in [3.63, 3.8) is 0 Å². The summed E-state index contributed by atoms with van der Waals surface area (Å²) in [4.78, 5) is 37.2. The van der Waals surface area contributed by atoms with Crippen molar-refractivity contribution in [2.75, 3.05) is 26.7 Å². The lowest BCUT2D eigenvalue weighted by molar-refractivity contribution is -0.139. The zero-order valence-corrected chi connectivity index (χ0v) is 18.8. The van der Waals surface area contributed by atoms with Crippen LogP contribution in [0.4, 0.5) is 4.79 Å². The molecule has 0 saturated carbocycles. The van der Waals surface area contributed by atoms with Crippen LogP contribution in [0.25, 0.3) is 0 Å². The van der Waals surface area contributed by atoms with Crippen molar-refractivity contribution < 1.29 is 19.1 Å². The second-order valence-corrected chi connectivity index (χ2v) is 8.29. The van der Waals surface area contributed by atoms with E-state index in [1.54, 1.807) is 18.2 Å². The summed E-state index contributed by atoms with van der Waals surface area (Å²) in [6.07, 6.45) is 0.423. The molecule has 2 aliphatic heterocycles. The average molecular weight is 491 g/mol. The first-order valence-corrected chi connectivity index (χ1v) is 10.6. The number of carbonyl (C=O) groups excluding carboxylic acids is 3. The minimum absolute atomic E-state index is 0.00888. The van der Waals surface area contributed by atoms with E-state index in [1.807, 2.05) is 6.92 Å². The third kappa shape index (κ3) is 4.86. The van der Waals surface area contributed by atoms with Crippen LogP contribution >= 0.6 is 15.9 Å². The van der Waals surface area contributed by atoms with Gasteiger partial charge in [0.25, 0.3) is 0 Å². The molecule has 0 aromatic heterocycles. The molecule has 1 saturated heterocycles. The van der Waals surface area contributed by atoms with Gasteiger partial charge in [-0.1, -0.05) is 22.0 Å². The number of hydrazone groups is 1. The zero-order chi connectivity index (χ0) is 22.6. The smallest absolute Gasteiger partial charge is 0.428 e. The van der Waals surface area contributed by atoms with Crippen LogP contribution in [0, 0.1) is 11.3 Å². The highest BCUT2D eigenvalue weighted by Crippen LogP contribution is 2.35. The normalized spacial score (nSPS) is 18.8. The van der Waals surface area contributed by atoms with Crippen molar-refractivity contribution in [2.24, 2.45) is 5.10 Å². The molecule has 1 spiro atoms. The molecular formula is C20H23BrN6O4. The van der Waals surface area contributed by atoms with E-state index in [9.17, 15) is 14.4 Å². The van der Waals surface area contributed by atoms with Crippen molar-refractivity contribution in [1.29, 1.82) is 5.26 Å². The fourth-order valence-corrected chi connectivity index (χ4v) is 4.33. The van der Waals surface area contributed by atoms with E-state index in [2.05, 4.69) is 48.1 Å². The van der Waals surface area contributed by atoms with Crippen molar-refractivity contribution in [3.05, 3.63) is 33.8 Å². The van der Waals surface area contributed by atoms with E-state index in [4.69, 9.17) is 10.00 Å². The molecule has 164 valence electrons. The number of piperidine rings is 1. The molecule has 11 heteroatoms. The number of ether oxygens (including phenoxy) is 1. The Morgan fingerprint density at radius 3 is 2.71 bits per heavy atom. The van der Waals surface area contributed by atoms with E-state index in [-0.39, 0.29) is 6.04 Å². The first kappa shape index (κ1) is 22.7. The number of likely N-dealkylation sites (tertiary alicyclic amines) is 1. The van der Waals surface area contributed by atoms with Crippen molar-refractivity contribution in [2.45, 2.75) is 31.4 Å². The van der Waals surface area contributed by atoms with Gasteiger partial charge in [-0.05, 0) is 19.1 Å². The van der Waals surface area contributed by atoms with Crippen LogP contribution in [0.15, 0.2) is 27.8 Å². The summed E-state index contributed by atoms with van der Waals surface area (Å²) >= 11 is 3.49. The first-order chi connectivity index (χ1) is 14.8. The minimum Gasteiger partial charge on any atom is -0.435 e. The molecule has 0 aliphatic carbocycles. The van der Waals surface area contributed by atoms with Gasteiger partial charge in [-0.25, -0.2) is 10.2 Å². The quantitative estimate of drug-likeness (QED) is 0.535. The standard InChI is InChI=1S/C20H23BrN6O4/c1-12(11-24-18(29)17(28)23-2)27-7-5-20(6-8-27)16(25-26-19(30)31-20)14-4-3-13(10-22)9-15(14)21/h3-4,9,12H,5-8,11H2,1-2H3,(H,23,28)(H,24,29)(H,26,30)/t12-/m1/s1. The fraction of sp³-hybridized carbons (Fsp3) is 0.450. The predicted molar refractivity (Wildman–Crippen MR) is 115 cm³/mol. The Labute approximate surface area is 188 Å². The van der Waals surface area contributed by atoms with Gasteiger partial charge in [0.05, 0.1) is 11.6 Å². The summed E-state index contributed by atoms with van der Waals surface area (Å²) < 4.78 is 6.44.